The van der Waals surface area contributed by atoms with Gasteiger partial charge in [-0.25, -0.2) is 0 Å². The summed E-state index contributed by atoms with van der Waals surface area (Å²) in [5.74, 6) is 1.30. The molecule has 0 bridgehead atoms. The first kappa shape index (κ1) is 22.5. The third-order valence-electron chi connectivity index (χ3n) is 9.03. The van der Waals surface area contributed by atoms with Crippen LogP contribution in [0.1, 0.15) is 29.4 Å². The van der Waals surface area contributed by atoms with Crippen LogP contribution in [0.25, 0.3) is 54.6 Å². The molecule has 9 rings (SSSR count). The van der Waals surface area contributed by atoms with Gasteiger partial charge < -0.3 is 0 Å². The van der Waals surface area contributed by atoms with E-state index < -0.39 is 0 Å². The van der Waals surface area contributed by atoms with Crippen LogP contribution in [0.4, 0.5) is 0 Å². The molecular formula is C39H26S. The maximum Gasteiger partial charge on any atom is 0.0157 e. The normalized spacial score (nSPS) is 17.3. The summed E-state index contributed by atoms with van der Waals surface area (Å²) >= 11 is 1.95. The van der Waals surface area contributed by atoms with Crippen LogP contribution in [0.3, 0.4) is 0 Å². The fourth-order valence-corrected chi connectivity index (χ4v) is 8.23. The second kappa shape index (κ2) is 8.58. The summed E-state index contributed by atoms with van der Waals surface area (Å²) in [6, 6.07) is 49.8. The summed E-state index contributed by atoms with van der Waals surface area (Å²) < 4.78 is 0. The van der Waals surface area contributed by atoms with Crippen LogP contribution in [0, 0.1) is 0 Å². The van der Waals surface area contributed by atoms with Crippen LogP contribution >= 0.6 is 11.8 Å². The standard InChI is InChI=1S/C39H26S/c1-2-10-27(25-18-20-39-37(22-25)36-23-35(36)33-15-7-8-16-38(33)40-39)26(9-1)24-17-19-32-30-13-4-3-11-28(30)29-12-5-6-14-31(29)34(32)21-24/h1-22,35-36H,23H2. The molecule has 0 saturated heterocycles. The Labute approximate surface area is 238 Å². The molecule has 0 amide bonds. The molecule has 188 valence electrons. The molecule has 1 heteroatoms. The topological polar surface area (TPSA) is 0 Å². The molecular weight excluding hydrogens is 500 g/mol. The van der Waals surface area contributed by atoms with Crippen LogP contribution in [0.2, 0.25) is 0 Å². The second-order valence-electron chi connectivity index (χ2n) is 11.2. The molecule has 0 radical (unpaired) electrons. The number of benzene rings is 7. The summed E-state index contributed by atoms with van der Waals surface area (Å²) in [5.41, 5.74) is 8.23. The highest BCUT2D eigenvalue weighted by Gasteiger charge is 2.43. The number of hydrogen-bond donors (Lipinski definition) is 0. The highest BCUT2D eigenvalue weighted by Crippen LogP contribution is 2.61. The summed E-state index contributed by atoms with van der Waals surface area (Å²) in [6.45, 7) is 0. The Balaban J connectivity index is 1.21. The summed E-state index contributed by atoms with van der Waals surface area (Å²) in [4.78, 5) is 2.85. The third kappa shape index (κ3) is 3.34. The Hall–Kier alpha value is -4.33. The lowest BCUT2D eigenvalue weighted by Gasteiger charge is -2.15. The number of hydrogen-bond acceptors (Lipinski definition) is 1. The molecule has 7 aromatic carbocycles. The average molecular weight is 527 g/mol. The predicted molar refractivity (Wildman–Crippen MR) is 170 cm³/mol. The monoisotopic (exact) mass is 526 g/mol. The molecule has 1 heterocycles. The zero-order chi connectivity index (χ0) is 26.2. The molecule has 2 aliphatic rings. The van der Waals surface area contributed by atoms with Crippen molar-refractivity contribution < 1.29 is 0 Å². The molecule has 0 spiro atoms. The van der Waals surface area contributed by atoms with E-state index in [2.05, 4.69) is 133 Å². The van der Waals surface area contributed by atoms with Crippen LogP contribution in [0.15, 0.2) is 143 Å². The smallest absolute Gasteiger partial charge is 0.0157 e. The van der Waals surface area contributed by atoms with Gasteiger partial charge in [0, 0.05) is 9.79 Å². The van der Waals surface area contributed by atoms with Crippen molar-refractivity contribution in [1.29, 1.82) is 0 Å². The van der Waals surface area contributed by atoms with E-state index in [-0.39, 0.29) is 0 Å². The van der Waals surface area contributed by atoms with Crippen molar-refractivity contribution in [3.05, 3.63) is 145 Å². The summed E-state index contributed by atoms with van der Waals surface area (Å²) in [5, 5.41) is 7.91. The first-order chi connectivity index (χ1) is 19.8. The zero-order valence-electron chi connectivity index (χ0n) is 22.0. The molecule has 7 aromatic rings. The van der Waals surface area contributed by atoms with Crippen molar-refractivity contribution >= 4 is 44.1 Å². The first-order valence-corrected chi connectivity index (χ1v) is 15.0. The van der Waals surface area contributed by atoms with E-state index in [0.717, 1.165) is 0 Å². The van der Waals surface area contributed by atoms with Crippen LogP contribution < -0.4 is 0 Å². The minimum atomic E-state index is 0.638. The molecule has 1 aliphatic carbocycles. The van der Waals surface area contributed by atoms with E-state index in [1.54, 1.807) is 0 Å². The number of rotatable bonds is 2. The molecule has 40 heavy (non-hydrogen) atoms. The predicted octanol–water partition coefficient (Wildman–Crippen LogP) is 11.2. The Morgan fingerprint density at radius 2 is 0.900 bits per heavy atom. The van der Waals surface area contributed by atoms with Gasteiger partial charge in [-0.15, -0.1) is 0 Å². The first-order valence-electron chi connectivity index (χ1n) is 14.2. The SMILES string of the molecule is c1ccc2c(c1)Sc1ccc(-c3ccccc3-c3ccc4c5ccccc5c5ccccc5c4c3)cc1C1CC21. The molecule has 0 aromatic heterocycles. The number of fused-ring (bicyclic) bond motifs is 11. The molecule has 2 unspecified atom stereocenters. The maximum absolute atomic E-state index is 2.49. The Bertz CT molecular complexity index is 2100. The fourth-order valence-electron chi connectivity index (χ4n) is 7.04. The average Bonchev–Trinajstić information content (AvgIpc) is 3.83. The van der Waals surface area contributed by atoms with Gasteiger partial charge in [0.1, 0.15) is 0 Å². The molecule has 2 atom stereocenters. The van der Waals surface area contributed by atoms with Gasteiger partial charge in [0.05, 0.1) is 0 Å². The van der Waals surface area contributed by atoms with E-state index >= 15 is 0 Å². The van der Waals surface area contributed by atoms with E-state index in [1.165, 1.54) is 81.9 Å². The Morgan fingerprint density at radius 3 is 1.62 bits per heavy atom. The third-order valence-corrected chi connectivity index (χ3v) is 10.2. The molecule has 0 N–H and O–H groups in total. The quantitative estimate of drug-likeness (QED) is 0.202. The molecule has 0 nitrogen and oxygen atoms in total. The molecule has 1 aliphatic heterocycles. The van der Waals surface area contributed by atoms with Gasteiger partial charge in [-0.2, -0.15) is 0 Å². The van der Waals surface area contributed by atoms with Crippen molar-refractivity contribution in [3.63, 3.8) is 0 Å². The highest BCUT2D eigenvalue weighted by molar-refractivity contribution is 7.99. The zero-order valence-corrected chi connectivity index (χ0v) is 22.8. The lowest BCUT2D eigenvalue weighted by atomic mass is 9.89. The maximum atomic E-state index is 2.49. The van der Waals surface area contributed by atoms with Gasteiger partial charge in [0.15, 0.2) is 0 Å². The van der Waals surface area contributed by atoms with Crippen molar-refractivity contribution in [3.8, 4) is 22.3 Å². The van der Waals surface area contributed by atoms with Gasteiger partial charge in [-0.05, 0) is 108 Å². The molecule has 1 saturated carbocycles. The van der Waals surface area contributed by atoms with Gasteiger partial charge in [0.25, 0.3) is 0 Å². The van der Waals surface area contributed by atoms with Crippen LogP contribution in [-0.4, -0.2) is 0 Å². The Morgan fingerprint density at radius 1 is 0.400 bits per heavy atom. The van der Waals surface area contributed by atoms with Crippen LogP contribution in [0.5, 0.6) is 0 Å². The highest BCUT2D eigenvalue weighted by atomic mass is 32.2. The van der Waals surface area contributed by atoms with Gasteiger partial charge in [-0.1, -0.05) is 121 Å². The van der Waals surface area contributed by atoms with Crippen molar-refractivity contribution in [2.75, 3.05) is 0 Å². The summed E-state index contributed by atoms with van der Waals surface area (Å²) in [7, 11) is 0. The molecule has 1 fully saturated rings. The van der Waals surface area contributed by atoms with Crippen molar-refractivity contribution in [1.82, 2.24) is 0 Å². The van der Waals surface area contributed by atoms with Gasteiger partial charge in [0.2, 0.25) is 0 Å². The lowest BCUT2D eigenvalue weighted by molar-refractivity contribution is 0.989. The van der Waals surface area contributed by atoms with Crippen molar-refractivity contribution in [2.24, 2.45) is 0 Å². The van der Waals surface area contributed by atoms with Gasteiger partial charge >= 0.3 is 0 Å². The second-order valence-corrected chi connectivity index (χ2v) is 12.3. The van der Waals surface area contributed by atoms with Crippen LogP contribution in [-0.2, 0) is 0 Å². The fraction of sp³-hybridized carbons (Fsp3) is 0.0769. The van der Waals surface area contributed by atoms with Gasteiger partial charge in [-0.3, -0.25) is 0 Å². The van der Waals surface area contributed by atoms with E-state index in [1.807, 2.05) is 11.8 Å². The van der Waals surface area contributed by atoms with E-state index in [4.69, 9.17) is 0 Å². The minimum absolute atomic E-state index is 0.638. The van der Waals surface area contributed by atoms with E-state index in [9.17, 15) is 0 Å². The Kier molecular flexibility index (Phi) is 4.82. The van der Waals surface area contributed by atoms with Crippen molar-refractivity contribution in [2.45, 2.75) is 28.0 Å². The van der Waals surface area contributed by atoms with E-state index in [0.29, 0.717) is 11.8 Å². The lowest BCUT2D eigenvalue weighted by Crippen LogP contribution is -1.90. The largest absolute Gasteiger partial charge is 0.0895 e. The minimum Gasteiger partial charge on any atom is -0.0895 e. The summed E-state index contributed by atoms with van der Waals surface area (Å²) in [6.07, 6.45) is 1.27.